The maximum atomic E-state index is 12.2. The van der Waals surface area contributed by atoms with Crippen molar-refractivity contribution in [2.45, 2.75) is 44.4 Å². The Morgan fingerprint density at radius 2 is 1.90 bits per heavy atom. The second-order valence-electron chi connectivity index (χ2n) is 7.93. The first-order valence-electron chi connectivity index (χ1n) is 9.74. The summed E-state index contributed by atoms with van der Waals surface area (Å²) in [5.74, 6) is -0.0242. The van der Waals surface area contributed by atoms with Crippen LogP contribution in [-0.2, 0) is 6.54 Å². The molecule has 31 heavy (non-hydrogen) atoms. The molecule has 0 unspecified atom stereocenters. The summed E-state index contributed by atoms with van der Waals surface area (Å²) in [5, 5.41) is 10.8. The summed E-state index contributed by atoms with van der Waals surface area (Å²) in [6.45, 7) is 4.59. The molecule has 0 aliphatic carbocycles. The van der Waals surface area contributed by atoms with Gasteiger partial charge in [0.1, 0.15) is 29.4 Å². The summed E-state index contributed by atoms with van der Waals surface area (Å²) in [7, 11) is 0. The van der Waals surface area contributed by atoms with E-state index in [4.69, 9.17) is 9.47 Å². The minimum atomic E-state index is -4.72. The van der Waals surface area contributed by atoms with Gasteiger partial charge < -0.3 is 24.3 Å². The number of fused-ring (bicyclic) bond motifs is 1. The third-order valence-corrected chi connectivity index (χ3v) is 5.21. The molecular weight excluding hydrogens is 421 g/mol. The lowest BCUT2D eigenvalue weighted by Crippen LogP contribution is -2.48. The van der Waals surface area contributed by atoms with E-state index in [1.807, 2.05) is 6.92 Å². The number of halogens is 3. The summed E-state index contributed by atoms with van der Waals surface area (Å²) in [4.78, 5) is 16.4. The van der Waals surface area contributed by atoms with Crippen LogP contribution in [0.3, 0.4) is 0 Å². The van der Waals surface area contributed by atoms with Gasteiger partial charge in [0.25, 0.3) is 0 Å². The SMILES string of the molecule is C[C@]1(CN2CCC(Oc3ccc(OC(F)(F)F)cc3)CC2)Cn2cc([N+](=O)[O-])nc2O1. The van der Waals surface area contributed by atoms with Gasteiger partial charge in [-0.25, -0.2) is 0 Å². The van der Waals surface area contributed by atoms with Gasteiger partial charge in [-0.2, -0.15) is 0 Å². The number of rotatable bonds is 6. The zero-order valence-corrected chi connectivity index (χ0v) is 16.7. The maximum Gasteiger partial charge on any atom is 0.573 e. The Labute approximate surface area is 175 Å². The van der Waals surface area contributed by atoms with Gasteiger partial charge in [0.05, 0.1) is 6.54 Å². The molecule has 2 aromatic rings. The van der Waals surface area contributed by atoms with Crippen LogP contribution in [0, 0.1) is 10.1 Å². The first kappa shape index (κ1) is 21.2. The number of nitro groups is 1. The van der Waals surface area contributed by atoms with E-state index >= 15 is 0 Å². The van der Waals surface area contributed by atoms with Crippen LogP contribution in [-0.4, -0.2) is 57.1 Å². The van der Waals surface area contributed by atoms with Crippen LogP contribution in [0.4, 0.5) is 19.0 Å². The van der Waals surface area contributed by atoms with Gasteiger partial charge in [-0.3, -0.25) is 9.47 Å². The number of imidazole rings is 1. The highest BCUT2D eigenvalue weighted by Crippen LogP contribution is 2.32. The number of aromatic nitrogens is 2. The topological polar surface area (TPSA) is 91.9 Å². The predicted molar refractivity (Wildman–Crippen MR) is 101 cm³/mol. The number of alkyl halides is 3. The van der Waals surface area contributed by atoms with Gasteiger partial charge in [-0.1, -0.05) is 0 Å². The van der Waals surface area contributed by atoms with Crippen LogP contribution in [0.25, 0.3) is 0 Å². The fourth-order valence-corrected chi connectivity index (χ4v) is 3.93. The number of piperidine rings is 1. The number of ether oxygens (including phenoxy) is 3. The third-order valence-electron chi connectivity index (χ3n) is 5.21. The highest BCUT2D eigenvalue weighted by atomic mass is 19.4. The first-order chi connectivity index (χ1) is 14.6. The molecule has 1 aromatic heterocycles. The van der Waals surface area contributed by atoms with Crippen molar-refractivity contribution in [3.8, 4) is 17.5 Å². The molecule has 0 bridgehead atoms. The molecule has 1 fully saturated rings. The first-order valence-corrected chi connectivity index (χ1v) is 9.74. The van der Waals surface area contributed by atoms with Crippen molar-refractivity contribution >= 4 is 5.82 Å². The van der Waals surface area contributed by atoms with Crippen LogP contribution < -0.4 is 14.2 Å². The fourth-order valence-electron chi connectivity index (χ4n) is 3.93. The Balaban J connectivity index is 1.24. The molecule has 1 aromatic carbocycles. The molecule has 0 radical (unpaired) electrons. The van der Waals surface area contributed by atoms with Gasteiger partial charge >= 0.3 is 18.2 Å². The molecule has 3 heterocycles. The molecule has 0 amide bonds. The largest absolute Gasteiger partial charge is 0.573 e. The molecule has 0 N–H and O–H groups in total. The fraction of sp³-hybridized carbons (Fsp3) is 0.526. The van der Waals surface area contributed by atoms with E-state index in [0.717, 1.165) is 25.9 Å². The molecule has 2 aliphatic rings. The molecule has 168 valence electrons. The van der Waals surface area contributed by atoms with Crippen LogP contribution >= 0.6 is 0 Å². The summed E-state index contributed by atoms with van der Waals surface area (Å²) < 4.78 is 54.0. The zero-order valence-electron chi connectivity index (χ0n) is 16.7. The zero-order chi connectivity index (χ0) is 22.2. The Morgan fingerprint density at radius 3 is 2.48 bits per heavy atom. The van der Waals surface area contributed by atoms with E-state index in [0.29, 0.717) is 18.8 Å². The van der Waals surface area contributed by atoms with E-state index in [1.54, 1.807) is 4.57 Å². The minimum Gasteiger partial charge on any atom is -0.490 e. The molecule has 0 saturated carbocycles. The average molecular weight is 442 g/mol. The number of nitrogens with zero attached hydrogens (tertiary/aromatic N) is 4. The number of hydrogen-bond acceptors (Lipinski definition) is 7. The smallest absolute Gasteiger partial charge is 0.490 e. The van der Waals surface area contributed by atoms with Crippen LogP contribution in [0.5, 0.6) is 17.5 Å². The molecule has 12 heteroatoms. The normalized spacial score (nSPS) is 22.1. The summed E-state index contributed by atoms with van der Waals surface area (Å²) in [6.07, 6.45) is -1.87. The predicted octanol–water partition coefficient (Wildman–Crippen LogP) is 3.38. The van der Waals surface area contributed by atoms with Crippen LogP contribution in [0.15, 0.2) is 30.5 Å². The summed E-state index contributed by atoms with van der Waals surface area (Å²) in [6, 6.07) is 5.63. The molecule has 1 atom stereocenters. The molecule has 4 rings (SSSR count). The van der Waals surface area contributed by atoms with E-state index in [9.17, 15) is 23.3 Å². The Hall–Kier alpha value is -3.02. The van der Waals surface area contributed by atoms with Crippen molar-refractivity contribution in [1.29, 1.82) is 0 Å². The molecule has 0 spiro atoms. The Bertz CT molecular complexity index is 916. The number of likely N-dealkylation sites (tertiary alicyclic amines) is 1. The van der Waals surface area contributed by atoms with E-state index in [-0.39, 0.29) is 23.7 Å². The second kappa shape index (κ2) is 7.91. The van der Waals surface area contributed by atoms with Crippen LogP contribution in [0.1, 0.15) is 19.8 Å². The van der Waals surface area contributed by atoms with Crippen molar-refractivity contribution in [3.63, 3.8) is 0 Å². The number of benzene rings is 1. The van der Waals surface area contributed by atoms with Crippen molar-refractivity contribution in [2.75, 3.05) is 19.6 Å². The molecular formula is C19H21F3N4O5. The lowest BCUT2D eigenvalue weighted by atomic mass is 10.0. The van der Waals surface area contributed by atoms with E-state index < -0.39 is 16.9 Å². The van der Waals surface area contributed by atoms with Crippen LogP contribution in [0.2, 0.25) is 0 Å². The highest BCUT2D eigenvalue weighted by molar-refractivity contribution is 5.31. The van der Waals surface area contributed by atoms with Gasteiger partial charge in [0.2, 0.25) is 0 Å². The maximum absolute atomic E-state index is 12.2. The average Bonchev–Trinajstić information content (AvgIpc) is 3.19. The Morgan fingerprint density at radius 1 is 1.26 bits per heavy atom. The highest BCUT2D eigenvalue weighted by Gasteiger charge is 2.42. The van der Waals surface area contributed by atoms with Crippen molar-refractivity contribution in [2.24, 2.45) is 0 Å². The van der Waals surface area contributed by atoms with Crippen molar-refractivity contribution in [3.05, 3.63) is 40.6 Å². The van der Waals surface area contributed by atoms with Gasteiger partial charge in [-0.15, -0.1) is 13.2 Å². The lowest BCUT2D eigenvalue weighted by molar-refractivity contribution is -0.389. The quantitative estimate of drug-likeness (QED) is 0.500. The Kier molecular flexibility index (Phi) is 5.42. The van der Waals surface area contributed by atoms with E-state index in [1.165, 1.54) is 30.5 Å². The van der Waals surface area contributed by atoms with Gasteiger partial charge in [-0.05, 0) is 49.0 Å². The second-order valence-corrected chi connectivity index (χ2v) is 7.93. The standard InChI is InChI=1S/C19H21F3N4O5/c1-18(12-25-10-16(26(27)28)23-17(25)31-18)11-24-8-6-14(7-9-24)29-13-2-4-15(5-3-13)30-19(20,21)22/h2-5,10,14H,6-9,11-12H2,1H3/t18-/m0/s1. The monoisotopic (exact) mass is 442 g/mol. The molecule has 1 saturated heterocycles. The minimum absolute atomic E-state index is 0.0407. The van der Waals surface area contributed by atoms with Crippen molar-refractivity contribution in [1.82, 2.24) is 14.5 Å². The van der Waals surface area contributed by atoms with E-state index in [2.05, 4.69) is 14.6 Å². The molecule has 2 aliphatic heterocycles. The lowest BCUT2D eigenvalue weighted by Gasteiger charge is -2.36. The number of hydrogen-bond donors (Lipinski definition) is 0. The van der Waals surface area contributed by atoms with Crippen molar-refractivity contribution < 1.29 is 32.3 Å². The van der Waals surface area contributed by atoms with Gasteiger partial charge in [0, 0.05) is 24.6 Å². The summed E-state index contributed by atoms with van der Waals surface area (Å²) in [5.41, 5.74) is -0.528. The summed E-state index contributed by atoms with van der Waals surface area (Å²) >= 11 is 0. The molecule has 9 nitrogen and oxygen atoms in total. The third kappa shape index (κ3) is 5.19. The van der Waals surface area contributed by atoms with Gasteiger partial charge in [0.15, 0.2) is 0 Å².